The van der Waals surface area contributed by atoms with Crippen LogP contribution in [0.5, 0.6) is 0 Å². The lowest BCUT2D eigenvalue weighted by Crippen LogP contribution is -2.34. The molecule has 4 nitrogen and oxygen atoms in total. The van der Waals surface area contributed by atoms with E-state index in [1.165, 1.54) is 0 Å². The van der Waals surface area contributed by atoms with Crippen LogP contribution in [0.1, 0.15) is 65.2 Å². The number of allylic oxidation sites excluding steroid dienone is 6. The van der Waals surface area contributed by atoms with Gasteiger partial charge in [-0.3, -0.25) is 4.79 Å². The topological polar surface area (TPSA) is 71.3 Å². The van der Waals surface area contributed by atoms with Crippen molar-refractivity contribution in [1.82, 2.24) is 10.6 Å². The highest BCUT2D eigenvalue weighted by molar-refractivity contribution is 5.76. The van der Waals surface area contributed by atoms with Crippen LogP contribution in [0.2, 0.25) is 0 Å². The number of amides is 1. The Balaban J connectivity index is 1.97. The van der Waals surface area contributed by atoms with Gasteiger partial charge in [0.25, 0.3) is 0 Å². The van der Waals surface area contributed by atoms with Gasteiger partial charge in [-0.1, -0.05) is 55.5 Å². The molecule has 4 heteroatoms. The van der Waals surface area contributed by atoms with E-state index in [9.17, 15) is 4.79 Å². The lowest BCUT2D eigenvalue weighted by molar-refractivity contribution is -0.122. The van der Waals surface area contributed by atoms with E-state index in [2.05, 4.69) is 66.2 Å². The number of carbonyl (C=O) groups is 1. The fourth-order valence-electron chi connectivity index (χ4n) is 2.77. The summed E-state index contributed by atoms with van der Waals surface area (Å²) < 4.78 is 0. The molecule has 3 unspecified atom stereocenters. The first kappa shape index (κ1) is 23.4. The van der Waals surface area contributed by atoms with Crippen molar-refractivity contribution in [1.29, 1.82) is 0 Å². The van der Waals surface area contributed by atoms with E-state index in [-0.39, 0.29) is 18.6 Å². The molecule has 3 N–H and O–H groups in total. The number of hydrogen-bond donors (Lipinski definition) is 3. The van der Waals surface area contributed by atoms with Crippen molar-refractivity contribution in [2.24, 2.45) is 0 Å². The van der Waals surface area contributed by atoms with Gasteiger partial charge in [-0.2, -0.15) is 0 Å². The number of aliphatic hydroxyl groups is 1. The zero-order chi connectivity index (χ0) is 19.7. The Kier molecular flexibility index (Phi) is 13.4. The van der Waals surface area contributed by atoms with Crippen LogP contribution in [0, 0.1) is 0 Å². The van der Waals surface area contributed by atoms with Gasteiger partial charge in [-0.25, -0.2) is 0 Å². The molecule has 1 amide bonds. The summed E-state index contributed by atoms with van der Waals surface area (Å²) in [5.41, 5.74) is 0. The molecule has 0 spiro atoms. The molecule has 0 aromatic rings. The summed E-state index contributed by atoms with van der Waals surface area (Å²) in [6.07, 6.45) is 25.4. The number of rotatable bonds is 15. The van der Waals surface area contributed by atoms with E-state index in [1.807, 2.05) is 0 Å². The molecule has 3 atom stereocenters. The van der Waals surface area contributed by atoms with E-state index in [4.69, 9.17) is 5.11 Å². The Hall–Kier alpha value is -1.65. The minimum Gasteiger partial charge on any atom is -0.394 e. The molecule has 1 fully saturated rings. The Morgan fingerprint density at radius 3 is 2.22 bits per heavy atom. The fraction of sp³-hybridized carbons (Fsp3) is 0.609. The third-order valence-corrected chi connectivity index (χ3v) is 4.49. The normalized spacial score (nSPS) is 21.0. The number of carbonyl (C=O) groups excluding carboxylic acids is 1. The van der Waals surface area contributed by atoms with E-state index >= 15 is 0 Å². The maximum absolute atomic E-state index is 11.6. The van der Waals surface area contributed by atoms with Crippen molar-refractivity contribution in [2.75, 3.05) is 6.61 Å². The highest BCUT2D eigenvalue weighted by Crippen LogP contribution is 2.19. The van der Waals surface area contributed by atoms with Crippen LogP contribution in [0.4, 0.5) is 0 Å². The van der Waals surface area contributed by atoms with Crippen molar-refractivity contribution >= 4 is 5.91 Å². The van der Waals surface area contributed by atoms with Crippen molar-refractivity contribution < 1.29 is 9.90 Å². The molecular formula is C23H38N2O2. The van der Waals surface area contributed by atoms with Crippen LogP contribution in [0.25, 0.3) is 0 Å². The lowest BCUT2D eigenvalue weighted by Gasteiger charge is -2.09. The van der Waals surface area contributed by atoms with Crippen LogP contribution >= 0.6 is 0 Å². The summed E-state index contributed by atoms with van der Waals surface area (Å²) in [4.78, 5) is 11.6. The van der Waals surface area contributed by atoms with Crippen LogP contribution in [0.3, 0.4) is 0 Å². The molecule has 1 rings (SSSR count). The van der Waals surface area contributed by atoms with E-state index in [0.717, 1.165) is 44.9 Å². The first-order chi connectivity index (χ1) is 13.2. The molecule has 0 radical (unpaired) electrons. The summed E-state index contributed by atoms with van der Waals surface area (Å²) >= 11 is 0. The van der Waals surface area contributed by atoms with Crippen molar-refractivity contribution in [3.8, 4) is 0 Å². The summed E-state index contributed by atoms with van der Waals surface area (Å²) in [7, 11) is 0. The summed E-state index contributed by atoms with van der Waals surface area (Å²) in [5.74, 6) is 0.0212. The Labute approximate surface area is 165 Å². The quantitative estimate of drug-likeness (QED) is 0.229. The first-order valence-corrected chi connectivity index (χ1v) is 10.4. The zero-order valence-electron chi connectivity index (χ0n) is 17.1. The first-order valence-electron chi connectivity index (χ1n) is 10.4. The average Bonchev–Trinajstić information content (AvgIpc) is 3.41. The highest BCUT2D eigenvalue weighted by atomic mass is 16.3. The number of nitrogens with one attached hydrogen (secondary N) is 2. The van der Waals surface area contributed by atoms with Gasteiger partial charge in [-0.15, -0.1) is 0 Å². The summed E-state index contributed by atoms with van der Waals surface area (Å²) in [6, 6.07) is 1.07. The minimum atomic E-state index is -0.154. The third-order valence-electron chi connectivity index (χ3n) is 4.49. The van der Waals surface area contributed by atoms with Crippen LogP contribution in [-0.2, 0) is 4.79 Å². The number of aliphatic hydroxyl groups excluding tert-OH is 1. The van der Waals surface area contributed by atoms with E-state index in [1.54, 1.807) is 6.92 Å². The molecular weight excluding hydrogens is 336 g/mol. The summed E-state index contributed by atoms with van der Waals surface area (Å²) in [6.45, 7) is 3.94. The molecule has 27 heavy (non-hydrogen) atoms. The average molecular weight is 375 g/mol. The molecule has 1 heterocycles. The van der Waals surface area contributed by atoms with Gasteiger partial charge in [0.05, 0.1) is 6.61 Å². The predicted octanol–water partition coefficient (Wildman–Crippen LogP) is 4.19. The van der Waals surface area contributed by atoms with Crippen LogP contribution in [0.15, 0.2) is 48.6 Å². The van der Waals surface area contributed by atoms with Gasteiger partial charge in [-0.05, 0) is 51.9 Å². The predicted molar refractivity (Wildman–Crippen MR) is 115 cm³/mol. The van der Waals surface area contributed by atoms with Gasteiger partial charge in [0.15, 0.2) is 0 Å². The van der Waals surface area contributed by atoms with Crippen LogP contribution in [-0.4, -0.2) is 35.7 Å². The van der Waals surface area contributed by atoms with Crippen LogP contribution < -0.4 is 10.6 Å². The maximum Gasteiger partial charge on any atom is 0.220 e. The van der Waals surface area contributed by atoms with Crippen molar-refractivity contribution in [2.45, 2.75) is 83.3 Å². The zero-order valence-corrected chi connectivity index (χ0v) is 17.1. The molecule has 152 valence electrons. The molecule has 1 aliphatic rings. The molecule has 0 aromatic carbocycles. The Morgan fingerprint density at radius 1 is 1.00 bits per heavy atom. The second-order valence-corrected chi connectivity index (χ2v) is 7.16. The molecule has 0 saturated carbocycles. The Morgan fingerprint density at radius 2 is 1.59 bits per heavy atom. The molecule has 0 bridgehead atoms. The van der Waals surface area contributed by atoms with Crippen molar-refractivity contribution in [3.05, 3.63) is 48.6 Å². The lowest BCUT2D eigenvalue weighted by atomic mass is 10.1. The minimum absolute atomic E-state index is 0.0102. The van der Waals surface area contributed by atoms with E-state index < -0.39 is 0 Å². The molecule has 0 aromatic heterocycles. The second kappa shape index (κ2) is 15.4. The highest BCUT2D eigenvalue weighted by Gasteiger charge is 2.33. The van der Waals surface area contributed by atoms with Gasteiger partial charge in [0.1, 0.15) is 0 Å². The standard InChI is InChI=1S/C23H38N2O2/c1-3-4-5-6-7-8-9-10-13-16-21-22(25-21)17-14-11-12-15-18-23(27)24-20(2)19-26/h4-5,7-8,10-11,13-14,20-22,25-26H,3,6,9,12,15-19H2,1-2H3,(H,24,27)/b5-4-,8-7-,13-10-,14-11-. The van der Waals surface area contributed by atoms with Gasteiger partial charge >= 0.3 is 0 Å². The van der Waals surface area contributed by atoms with Gasteiger partial charge in [0, 0.05) is 24.5 Å². The Bertz CT molecular complexity index is 509. The monoisotopic (exact) mass is 374 g/mol. The fourth-order valence-corrected chi connectivity index (χ4v) is 2.77. The van der Waals surface area contributed by atoms with Crippen molar-refractivity contribution in [3.63, 3.8) is 0 Å². The smallest absolute Gasteiger partial charge is 0.220 e. The van der Waals surface area contributed by atoms with E-state index in [0.29, 0.717) is 18.5 Å². The molecule has 1 aliphatic heterocycles. The largest absolute Gasteiger partial charge is 0.394 e. The SMILES string of the molecule is CC/C=C\C/C=C\C/C=C\CC1NC1C/C=C\CCCC(=O)NC(C)CO. The summed E-state index contributed by atoms with van der Waals surface area (Å²) in [5, 5.41) is 15.2. The molecule has 0 aliphatic carbocycles. The maximum atomic E-state index is 11.6. The van der Waals surface area contributed by atoms with Gasteiger partial charge in [0.2, 0.25) is 5.91 Å². The van der Waals surface area contributed by atoms with Gasteiger partial charge < -0.3 is 15.7 Å². The second-order valence-electron chi connectivity index (χ2n) is 7.16. The molecule has 1 saturated heterocycles. The number of unbranched alkanes of at least 4 members (excludes halogenated alkanes) is 1. The third kappa shape index (κ3) is 13.2. The number of hydrogen-bond acceptors (Lipinski definition) is 3.